The van der Waals surface area contributed by atoms with Crippen LogP contribution in [-0.2, 0) is 24.0 Å². The second-order valence-electron chi connectivity index (χ2n) is 5.69. The molecular formula is C15H24N2O. The van der Waals surface area contributed by atoms with Crippen molar-refractivity contribution in [3.8, 4) is 0 Å². The topological polar surface area (TPSA) is 47.3 Å². The number of methoxy groups -OCH3 is 1. The van der Waals surface area contributed by atoms with Crippen LogP contribution >= 0.6 is 0 Å². The van der Waals surface area contributed by atoms with Gasteiger partial charge in [-0.15, -0.1) is 0 Å². The molecule has 0 radical (unpaired) electrons. The van der Waals surface area contributed by atoms with E-state index in [-0.39, 0.29) is 11.6 Å². The van der Waals surface area contributed by atoms with E-state index >= 15 is 0 Å². The average Bonchev–Trinajstić information content (AvgIpc) is 2.83. The Morgan fingerprint density at radius 3 is 2.72 bits per heavy atom. The standard InChI is InChI=1S/C15H24N2O/c1-15(2,18-3)14(17-16)10-11-7-8-12-5-4-6-13(12)9-11/h7-9,14,17H,4-6,10,16H2,1-3H3. The van der Waals surface area contributed by atoms with Crippen LogP contribution in [0.2, 0.25) is 0 Å². The molecule has 1 unspecified atom stereocenters. The van der Waals surface area contributed by atoms with Crippen LogP contribution in [0.3, 0.4) is 0 Å². The molecule has 1 aliphatic rings. The third kappa shape index (κ3) is 2.74. The molecule has 0 saturated carbocycles. The molecule has 1 aromatic rings. The van der Waals surface area contributed by atoms with Crippen LogP contribution in [0.25, 0.3) is 0 Å². The Kier molecular flexibility index (Phi) is 4.05. The van der Waals surface area contributed by atoms with E-state index in [2.05, 4.69) is 37.5 Å². The first-order valence-corrected chi connectivity index (χ1v) is 6.69. The van der Waals surface area contributed by atoms with E-state index in [4.69, 9.17) is 10.6 Å². The van der Waals surface area contributed by atoms with E-state index in [1.54, 1.807) is 7.11 Å². The fourth-order valence-electron chi connectivity index (χ4n) is 2.64. The number of nitrogens with one attached hydrogen (secondary N) is 1. The van der Waals surface area contributed by atoms with Gasteiger partial charge in [-0.3, -0.25) is 11.3 Å². The first-order valence-electron chi connectivity index (χ1n) is 6.69. The summed E-state index contributed by atoms with van der Waals surface area (Å²) in [7, 11) is 1.73. The van der Waals surface area contributed by atoms with Gasteiger partial charge in [-0.1, -0.05) is 18.2 Å². The summed E-state index contributed by atoms with van der Waals surface area (Å²) >= 11 is 0. The average molecular weight is 248 g/mol. The molecule has 0 fully saturated rings. The number of aryl methyl sites for hydroxylation is 2. The molecule has 0 aliphatic heterocycles. The third-order valence-corrected chi connectivity index (χ3v) is 4.17. The zero-order valence-electron chi connectivity index (χ0n) is 11.6. The Balaban J connectivity index is 2.13. The minimum absolute atomic E-state index is 0.113. The number of rotatable bonds is 5. The van der Waals surface area contributed by atoms with Crippen LogP contribution in [-0.4, -0.2) is 18.8 Å². The summed E-state index contributed by atoms with van der Waals surface area (Å²) in [4.78, 5) is 0. The zero-order valence-corrected chi connectivity index (χ0v) is 11.6. The van der Waals surface area contributed by atoms with Gasteiger partial charge in [-0.25, -0.2) is 0 Å². The summed E-state index contributed by atoms with van der Waals surface area (Å²) in [6, 6.07) is 6.94. The van der Waals surface area contributed by atoms with Gasteiger partial charge in [0, 0.05) is 7.11 Å². The predicted octanol–water partition coefficient (Wildman–Crippen LogP) is 1.97. The first kappa shape index (κ1) is 13.5. The van der Waals surface area contributed by atoms with Crippen molar-refractivity contribution < 1.29 is 4.74 Å². The van der Waals surface area contributed by atoms with Crippen LogP contribution in [0, 0.1) is 0 Å². The lowest BCUT2D eigenvalue weighted by molar-refractivity contribution is -0.0101. The lowest BCUT2D eigenvalue weighted by atomic mass is 9.91. The van der Waals surface area contributed by atoms with Crippen LogP contribution < -0.4 is 11.3 Å². The highest BCUT2D eigenvalue weighted by molar-refractivity contribution is 5.35. The molecule has 0 spiro atoms. The fraction of sp³-hybridized carbons (Fsp3) is 0.600. The summed E-state index contributed by atoms with van der Waals surface area (Å²) in [6.07, 6.45) is 4.64. The molecule has 0 bridgehead atoms. The number of ether oxygens (including phenoxy) is 1. The number of hydrogen-bond acceptors (Lipinski definition) is 3. The van der Waals surface area contributed by atoms with Crippen LogP contribution in [0.1, 0.15) is 37.0 Å². The van der Waals surface area contributed by atoms with E-state index in [9.17, 15) is 0 Å². The van der Waals surface area contributed by atoms with Gasteiger partial charge in [-0.2, -0.15) is 0 Å². The number of hydrogen-bond donors (Lipinski definition) is 2. The summed E-state index contributed by atoms with van der Waals surface area (Å²) in [5.41, 5.74) is 6.98. The van der Waals surface area contributed by atoms with Gasteiger partial charge in [0.1, 0.15) is 0 Å². The lowest BCUT2D eigenvalue weighted by Gasteiger charge is -2.32. The van der Waals surface area contributed by atoms with Gasteiger partial charge >= 0.3 is 0 Å². The van der Waals surface area contributed by atoms with Gasteiger partial charge in [0.15, 0.2) is 0 Å². The Hall–Kier alpha value is -0.900. The van der Waals surface area contributed by atoms with E-state index in [0.29, 0.717) is 0 Å². The smallest absolute Gasteiger partial charge is 0.0791 e. The molecule has 0 amide bonds. The molecule has 3 heteroatoms. The number of nitrogens with two attached hydrogens (primary N) is 1. The molecule has 100 valence electrons. The van der Waals surface area contributed by atoms with E-state index in [0.717, 1.165) is 6.42 Å². The van der Waals surface area contributed by atoms with Gasteiger partial charge in [0.2, 0.25) is 0 Å². The normalized spacial score (nSPS) is 16.7. The molecule has 1 aromatic carbocycles. The molecule has 3 nitrogen and oxygen atoms in total. The fourth-order valence-corrected chi connectivity index (χ4v) is 2.64. The summed E-state index contributed by atoms with van der Waals surface area (Å²) < 4.78 is 5.51. The summed E-state index contributed by atoms with van der Waals surface area (Å²) in [6.45, 7) is 4.12. The molecule has 3 N–H and O–H groups in total. The second-order valence-corrected chi connectivity index (χ2v) is 5.69. The maximum absolute atomic E-state index is 5.67. The van der Waals surface area contributed by atoms with Crippen molar-refractivity contribution >= 4 is 0 Å². The Morgan fingerprint density at radius 2 is 2.06 bits per heavy atom. The number of hydrazine groups is 1. The molecule has 1 atom stereocenters. The van der Waals surface area contributed by atoms with Crippen LogP contribution in [0.15, 0.2) is 18.2 Å². The highest BCUT2D eigenvalue weighted by atomic mass is 16.5. The highest BCUT2D eigenvalue weighted by Gasteiger charge is 2.28. The van der Waals surface area contributed by atoms with Crippen molar-refractivity contribution in [3.05, 3.63) is 34.9 Å². The second kappa shape index (κ2) is 5.39. The van der Waals surface area contributed by atoms with Gasteiger partial charge in [-0.05, 0) is 56.2 Å². The van der Waals surface area contributed by atoms with Crippen molar-refractivity contribution in [2.75, 3.05) is 7.11 Å². The molecular weight excluding hydrogens is 224 g/mol. The highest BCUT2D eigenvalue weighted by Crippen LogP contribution is 2.25. The van der Waals surface area contributed by atoms with Gasteiger partial charge < -0.3 is 4.74 Å². The maximum atomic E-state index is 5.67. The van der Waals surface area contributed by atoms with Gasteiger partial charge in [0.05, 0.1) is 11.6 Å². The minimum Gasteiger partial charge on any atom is -0.377 e. The van der Waals surface area contributed by atoms with E-state index in [1.165, 1.54) is 36.0 Å². The van der Waals surface area contributed by atoms with Crippen molar-refractivity contribution in [1.29, 1.82) is 0 Å². The van der Waals surface area contributed by atoms with Crippen LogP contribution in [0.5, 0.6) is 0 Å². The number of benzene rings is 1. The first-order chi connectivity index (χ1) is 8.56. The van der Waals surface area contributed by atoms with Crippen LogP contribution in [0.4, 0.5) is 0 Å². The lowest BCUT2D eigenvalue weighted by Crippen LogP contribution is -2.52. The minimum atomic E-state index is -0.270. The quantitative estimate of drug-likeness (QED) is 0.618. The van der Waals surface area contributed by atoms with Crippen molar-refractivity contribution in [3.63, 3.8) is 0 Å². The number of fused-ring (bicyclic) bond motifs is 1. The summed E-state index contributed by atoms with van der Waals surface area (Å²) in [5, 5.41) is 0. The predicted molar refractivity (Wildman–Crippen MR) is 74.4 cm³/mol. The molecule has 0 aromatic heterocycles. The molecule has 0 saturated heterocycles. The maximum Gasteiger partial charge on any atom is 0.0791 e. The largest absolute Gasteiger partial charge is 0.377 e. The van der Waals surface area contributed by atoms with E-state index in [1.807, 2.05) is 0 Å². The van der Waals surface area contributed by atoms with Gasteiger partial charge in [0.25, 0.3) is 0 Å². The molecule has 0 heterocycles. The Bertz CT molecular complexity index is 415. The Labute approximate surface area is 110 Å². The monoisotopic (exact) mass is 248 g/mol. The SMILES string of the molecule is COC(C)(C)C(Cc1ccc2c(c1)CCC2)NN. The third-order valence-electron chi connectivity index (χ3n) is 4.17. The Morgan fingerprint density at radius 1 is 1.33 bits per heavy atom. The van der Waals surface area contributed by atoms with Crippen molar-refractivity contribution in [1.82, 2.24) is 5.43 Å². The molecule has 18 heavy (non-hydrogen) atoms. The van der Waals surface area contributed by atoms with Crippen molar-refractivity contribution in [2.45, 2.75) is 51.2 Å². The molecule has 1 aliphatic carbocycles. The summed E-state index contributed by atoms with van der Waals surface area (Å²) in [5.74, 6) is 5.67. The molecule has 2 rings (SSSR count). The van der Waals surface area contributed by atoms with Crippen molar-refractivity contribution in [2.24, 2.45) is 5.84 Å². The van der Waals surface area contributed by atoms with E-state index < -0.39 is 0 Å². The zero-order chi connectivity index (χ0) is 13.2.